The summed E-state index contributed by atoms with van der Waals surface area (Å²) in [6.07, 6.45) is 1.14. The molecule has 1 aliphatic rings. The third-order valence-corrected chi connectivity index (χ3v) is 4.05. The van der Waals surface area contributed by atoms with Gasteiger partial charge in [-0.1, -0.05) is 18.5 Å². The molecule has 0 radical (unpaired) electrons. The molecule has 0 aromatic carbocycles. The number of halogens is 1. The molecule has 2 atom stereocenters. The summed E-state index contributed by atoms with van der Waals surface area (Å²) in [7, 11) is 0. The van der Waals surface area contributed by atoms with E-state index >= 15 is 0 Å². The zero-order valence-electron chi connectivity index (χ0n) is 10.3. The molecule has 1 fully saturated rings. The quantitative estimate of drug-likeness (QED) is 0.927. The Bertz CT molecular complexity index is 475. The van der Waals surface area contributed by atoms with Crippen molar-refractivity contribution in [3.63, 3.8) is 0 Å². The van der Waals surface area contributed by atoms with Crippen molar-refractivity contribution in [2.75, 3.05) is 0 Å². The summed E-state index contributed by atoms with van der Waals surface area (Å²) >= 11 is 7.00. The van der Waals surface area contributed by atoms with Gasteiger partial charge in [-0.2, -0.15) is 0 Å². The van der Waals surface area contributed by atoms with Crippen LogP contribution in [0.15, 0.2) is 6.20 Å². The van der Waals surface area contributed by atoms with E-state index in [0.717, 1.165) is 0 Å². The predicted octanol–water partition coefficient (Wildman–Crippen LogP) is 2.85. The van der Waals surface area contributed by atoms with Gasteiger partial charge in [0.1, 0.15) is 6.10 Å². The minimum atomic E-state index is -1.39. The average molecular weight is 292 g/mol. The van der Waals surface area contributed by atoms with Gasteiger partial charge < -0.3 is 14.6 Å². The molecule has 5 nitrogen and oxygen atoms in total. The lowest BCUT2D eigenvalue weighted by atomic mass is 9.93. The number of ether oxygens (including phenoxy) is 2. The molecule has 0 unspecified atom stereocenters. The molecule has 0 aliphatic carbocycles. The molecule has 0 spiro atoms. The fourth-order valence-corrected chi connectivity index (χ4v) is 3.20. The molecule has 0 saturated carbocycles. The highest BCUT2D eigenvalue weighted by Crippen LogP contribution is 2.49. The second kappa shape index (κ2) is 4.45. The van der Waals surface area contributed by atoms with Crippen LogP contribution in [-0.4, -0.2) is 27.4 Å². The summed E-state index contributed by atoms with van der Waals surface area (Å²) < 4.78 is 11.7. The lowest BCUT2D eigenvalue weighted by Gasteiger charge is -2.26. The zero-order valence-corrected chi connectivity index (χ0v) is 11.8. The van der Waals surface area contributed by atoms with Crippen molar-refractivity contribution in [1.29, 1.82) is 0 Å². The zero-order chi connectivity index (χ0) is 13.6. The number of aliphatic carboxylic acids is 1. The number of carboxylic acid groups (broad SMARTS) is 1. The maximum absolute atomic E-state index is 11.6. The van der Waals surface area contributed by atoms with Crippen molar-refractivity contribution in [2.45, 2.75) is 44.7 Å². The van der Waals surface area contributed by atoms with Crippen LogP contribution in [0, 0.1) is 0 Å². The Kier molecular flexibility index (Phi) is 3.40. The van der Waals surface area contributed by atoms with Crippen molar-refractivity contribution in [3.8, 4) is 0 Å². The van der Waals surface area contributed by atoms with Crippen molar-refractivity contribution in [2.24, 2.45) is 0 Å². The SMILES string of the molecule is CC[C@]1(C(=O)O)OC(C)(C)O[C@@H]1c1cnc(Cl)s1. The topological polar surface area (TPSA) is 68.7 Å². The van der Waals surface area contributed by atoms with Crippen LogP contribution >= 0.6 is 22.9 Å². The van der Waals surface area contributed by atoms with Crippen LogP contribution in [0.3, 0.4) is 0 Å². The summed E-state index contributed by atoms with van der Waals surface area (Å²) in [6, 6.07) is 0. The second-order valence-electron chi connectivity index (χ2n) is 4.56. The van der Waals surface area contributed by atoms with Crippen LogP contribution < -0.4 is 0 Å². The fourth-order valence-electron chi connectivity index (χ4n) is 2.13. The van der Waals surface area contributed by atoms with Crippen molar-refractivity contribution < 1.29 is 19.4 Å². The summed E-state index contributed by atoms with van der Waals surface area (Å²) in [5.74, 6) is -1.99. The molecule has 100 valence electrons. The summed E-state index contributed by atoms with van der Waals surface area (Å²) in [4.78, 5) is 16.2. The van der Waals surface area contributed by atoms with Crippen molar-refractivity contribution >= 4 is 28.9 Å². The van der Waals surface area contributed by atoms with E-state index in [2.05, 4.69) is 4.98 Å². The van der Waals surface area contributed by atoms with Crippen LogP contribution in [0.1, 0.15) is 38.2 Å². The Balaban J connectivity index is 2.46. The largest absolute Gasteiger partial charge is 0.479 e. The molecule has 0 bridgehead atoms. The third-order valence-electron chi connectivity index (χ3n) is 2.89. The number of thiazole rings is 1. The van der Waals surface area contributed by atoms with E-state index in [0.29, 0.717) is 15.8 Å². The number of aromatic nitrogens is 1. The maximum atomic E-state index is 11.6. The lowest BCUT2D eigenvalue weighted by molar-refractivity contribution is -0.185. The van der Waals surface area contributed by atoms with Crippen LogP contribution in [0.2, 0.25) is 4.47 Å². The lowest BCUT2D eigenvalue weighted by Crippen LogP contribution is -2.43. The Morgan fingerprint density at radius 3 is 2.78 bits per heavy atom. The monoisotopic (exact) mass is 291 g/mol. The Labute approximate surface area is 114 Å². The number of carboxylic acids is 1. The summed E-state index contributed by atoms with van der Waals surface area (Å²) in [6.45, 7) is 5.15. The van der Waals surface area contributed by atoms with Gasteiger partial charge in [0.05, 0.1) is 4.88 Å². The number of hydrogen-bond donors (Lipinski definition) is 1. The molecular weight excluding hydrogens is 278 g/mol. The van der Waals surface area contributed by atoms with Crippen molar-refractivity contribution in [3.05, 3.63) is 15.5 Å². The third kappa shape index (κ3) is 2.14. The molecule has 1 N–H and O–H groups in total. The van der Waals surface area contributed by atoms with Gasteiger partial charge in [-0.15, -0.1) is 11.3 Å². The molecule has 1 aromatic rings. The number of rotatable bonds is 3. The molecule has 2 heterocycles. The van der Waals surface area contributed by atoms with Gasteiger partial charge in [0.15, 0.2) is 15.9 Å². The molecule has 1 saturated heterocycles. The van der Waals surface area contributed by atoms with E-state index in [4.69, 9.17) is 21.1 Å². The second-order valence-corrected chi connectivity index (χ2v) is 6.21. The van der Waals surface area contributed by atoms with Crippen LogP contribution in [-0.2, 0) is 14.3 Å². The first kappa shape index (κ1) is 13.7. The Hall–Kier alpha value is -0.690. The number of hydrogen-bond acceptors (Lipinski definition) is 5. The molecule has 7 heteroatoms. The smallest absolute Gasteiger partial charge is 0.339 e. The highest BCUT2D eigenvalue weighted by molar-refractivity contribution is 7.15. The number of carbonyl (C=O) groups is 1. The average Bonchev–Trinajstić information content (AvgIpc) is 2.80. The van der Waals surface area contributed by atoms with Crippen LogP contribution in [0.25, 0.3) is 0 Å². The first-order valence-corrected chi connectivity index (χ1v) is 6.73. The first-order valence-electron chi connectivity index (χ1n) is 5.53. The van der Waals surface area contributed by atoms with E-state index < -0.39 is 23.5 Å². The van der Waals surface area contributed by atoms with E-state index in [9.17, 15) is 9.90 Å². The van der Waals surface area contributed by atoms with E-state index in [1.807, 2.05) is 0 Å². The molecule has 0 amide bonds. The molecular formula is C11H14ClNO4S. The van der Waals surface area contributed by atoms with Gasteiger partial charge in [-0.05, 0) is 20.3 Å². The van der Waals surface area contributed by atoms with Crippen LogP contribution in [0.5, 0.6) is 0 Å². The summed E-state index contributed by atoms with van der Waals surface area (Å²) in [5.41, 5.74) is -1.39. The van der Waals surface area contributed by atoms with E-state index in [1.54, 1.807) is 20.8 Å². The van der Waals surface area contributed by atoms with Crippen molar-refractivity contribution in [1.82, 2.24) is 4.98 Å². The van der Waals surface area contributed by atoms with Crippen LogP contribution in [0.4, 0.5) is 0 Å². The van der Waals surface area contributed by atoms with Gasteiger partial charge >= 0.3 is 5.97 Å². The molecule has 1 aliphatic heterocycles. The molecule has 2 rings (SSSR count). The van der Waals surface area contributed by atoms with Gasteiger partial charge in [0.25, 0.3) is 0 Å². The van der Waals surface area contributed by atoms with Gasteiger partial charge in [-0.25, -0.2) is 9.78 Å². The van der Waals surface area contributed by atoms with Gasteiger partial charge in [0, 0.05) is 6.20 Å². The van der Waals surface area contributed by atoms with Gasteiger partial charge in [0.2, 0.25) is 0 Å². The van der Waals surface area contributed by atoms with E-state index in [-0.39, 0.29) is 0 Å². The maximum Gasteiger partial charge on any atom is 0.339 e. The predicted molar refractivity (Wildman–Crippen MR) is 66.8 cm³/mol. The summed E-state index contributed by atoms with van der Waals surface area (Å²) in [5, 5.41) is 9.48. The minimum absolute atomic E-state index is 0.298. The minimum Gasteiger partial charge on any atom is -0.479 e. The normalized spacial score (nSPS) is 30.6. The molecule has 18 heavy (non-hydrogen) atoms. The van der Waals surface area contributed by atoms with E-state index in [1.165, 1.54) is 17.5 Å². The Morgan fingerprint density at radius 1 is 1.67 bits per heavy atom. The van der Waals surface area contributed by atoms with Gasteiger partial charge in [-0.3, -0.25) is 0 Å². The highest BCUT2D eigenvalue weighted by atomic mass is 35.5. The molecule has 1 aromatic heterocycles. The fraction of sp³-hybridized carbons (Fsp3) is 0.636. The highest BCUT2D eigenvalue weighted by Gasteiger charge is 2.58. The number of nitrogens with zero attached hydrogens (tertiary/aromatic N) is 1. The Morgan fingerprint density at radius 2 is 2.33 bits per heavy atom. The standard InChI is InChI=1S/C11H14ClNO4S/c1-4-11(8(14)15)7(16-10(2,3)17-11)6-5-13-9(12)18-6/h5,7H,4H2,1-3H3,(H,14,15)/t7-,11+/m1/s1. The first-order chi connectivity index (χ1) is 8.31.